The summed E-state index contributed by atoms with van der Waals surface area (Å²) in [4.78, 5) is 68.1. The number of hydrogen-bond donors (Lipinski definition) is 3. The molecule has 61 heavy (non-hydrogen) atoms. The third-order valence-corrected chi connectivity index (χ3v) is 12.2. The van der Waals surface area contributed by atoms with Gasteiger partial charge in [0.05, 0.1) is 43.9 Å². The predicted molar refractivity (Wildman–Crippen MR) is 226 cm³/mol. The zero-order valence-electron chi connectivity index (χ0n) is 35.7. The van der Waals surface area contributed by atoms with E-state index in [1.807, 2.05) is 56.8 Å². The molecule has 4 aromatic rings. The second-order valence-electron chi connectivity index (χ2n) is 16.7. The summed E-state index contributed by atoms with van der Waals surface area (Å²) in [5.41, 5.74) is 7.65. The molecule has 321 valence electrons. The summed E-state index contributed by atoms with van der Waals surface area (Å²) in [7, 11) is 2.59. The van der Waals surface area contributed by atoms with Crippen molar-refractivity contribution in [2.24, 2.45) is 16.8 Å². The van der Waals surface area contributed by atoms with E-state index in [9.17, 15) is 19.2 Å². The van der Waals surface area contributed by atoms with Crippen molar-refractivity contribution in [2.75, 3.05) is 27.3 Å². The summed E-state index contributed by atoms with van der Waals surface area (Å²) in [6.07, 6.45) is 6.07. The quantitative estimate of drug-likeness (QED) is 0.143. The van der Waals surface area contributed by atoms with Gasteiger partial charge in [-0.05, 0) is 84.0 Å². The second-order valence-corrected chi connectivity index (χ2v) is 16.7. The van der Waals surface area contributed by atoms with Crippen LogP contribution in [0.1, 0.15) is 90.4 Å². The van der Waals surface area contributed by atoms with Crippen molar-refractivity contribution in [1.82, 2.24) is 35.0 Å². The van der Waals surface area contributed by atoms with Crippen LogP contribution in [-0.4, -0.2) is 99.5 Å². The molecule has 4 aliphatic heterocycles. The monoisotopic (exact) mass is 868 g/mol. The number of imidazole rings is 1. The summed E-state index contributed by atoms with van der Waals surface area (Å²) >= 11 is 0. The van der Waals surface area contributed by atoms with Crippen LogP contribution < -0.4 is 15.4 Å². The average molecular weight is 869 g/mol. The third-order valence-electron chi connectivity index (χ3n) is 12.2. The smallest absolute Gasteiger partial charge is 0.407 e. The summed E-state index contributed by atoms with van der Waals surface area (Å²) in [5, 5.41) is 6.37. The molecule has 4 aliphatic rings. The molecular weight excluding hydrogens is 815 g/mol. The number of likely N-dealkylation sites (tertiary alicyclic amines) is 2. The molecule has 8 rings (SSSR count). The molecule has 2 saturated heterocycles. The van der Waals surface area contributed by atoms with E-state index >= 15 is 0 Å². The van der Waals surface area contributed by atoms with Crippen LogP contribution in [0, 0.1) is 17.9 Å². The Labute approximate surface area is 367 Å². The molecule has 0 saturated carbocycles. The standard InChI is InChI=1S/C45H53N8O7.V/c1-24(2)39(49-44(56)58-6)42(54)51-16-8-10-35(51)32-19-30(22-46-32)27-12-14-31-37-20-29-18-28(13-15-34(29)53(37)26(5)60-38(31)21-27)33-23-47-41(48-33)36-11-9-17-52(36)43(55)40(25(3)4)50-45(57)59-7;/h12-15,18,21-26,35-36,39-40H,8-11,16-17,19H2,1-7H3,(H,47,48)(H,49,56)(H,50,57);/q-1;/t26?,35-,36-,39-,40-;/m0./s1. The number of allylic oxidation sites excluding steroid dienone is 1. The number of aliphatic imine (C=N–C) groups is 1. The number of alkyl carbamates (subject to hydrolysis) is 2. The fourth-order valence-corrected chi connectivity index (χ4v) is 9.08. The van der Waals surface area contributed by atoms with Gasteiger partial charge in [-0.1, -0.05) is 52.0 Å². The van der Waals surface area contributed by atoms with Gasteiger partial charge in [0, 0.05) is 50.0 Å². The second kappa shape index (κ2) is 17.8. The van der Waals surface area contributed by atoms with Crippen molar-refractivity contribution in [3.05, 3.63) is 66.2 Å². The number of methoxy groups -OCH3 is 2. The van der Waals surface area contributed by atoms with Gasteiger partial charge in [0.2, 0.25) is 11.8 Å². The fourth-order valence-electron chi connectivity index (χ4n) is 9.08. The molecule has 0 bridgehead atoms. The Hall–Kier alpha value is -5.54. The minimum atomic E-state index is -0.703. The van der Waals surface area contributed by atoms with E-state index in [0.717, 1.165) is 81.7 Å². The maximum atomic E-state index is 13.7. The number of carbonyl (C=O) groups excluding carboxylic acids is 4. The topological polar surface area (TPSA) is 172 Å². The summed E-state index contributed by atoms with van der Waals surface area (Å²) < 4.78 is 18.3. The van der Waals surface area contributed by atoms with E-state index in [2.05, 4.69) is 62.6 Å². The van der Waals surface area contributed by atoms with Crippen molar-refractivity contribution < 1.29 is 51.9 Å². The van der Waals surface area contributed by atoms with E-state index in [4.69, 9.17) is 24.2 Å². The van der Waals surface area contributed by atoms with Gasteiger partial charge >= 0.3 is 12.2 Å². The van der Waals surface area contributed by atoms with Crippen molar-refractivity contribution in [1.29, 1.82) is 0 Å². The Balaban J connectivity index is 0.00000561. The Morgan fingerprint density at radius 3 is 2.13 bits per heavy atom. The number of hydrogen-bond acceptors (Lipinski definition) is 9. The van der Waals surface area contributed by atoms with E-state index in [1.54, 1.807) is 0 Å². The Morgan fingerprint density at radius 2 is 1.49 bits per heavy atom. The number of H-pyrrole nitrogens is 1. The van der Waals surface area contributed by atoms with Gasteiger partial charge in [-0.25, -0.2) is 14.6 Å². The number of amides is 4. The number of aromatic amines is 1. The molecular formula is C45H53N8O7V-. The van der Waals surface area contributed by atoms with Gasteiger partial charge < -0.3 is 44.2 Å². The van der Waals surface area contributed by atoms with Crippen LogP contribution in [0.3, 0.4) is 0 Å². The van der Waals surface area contributed by atoms with Crippen LogP contribution in [0.25, 0.3) is 39.0 Å². The largest absolute Gasteiger partial charge is 0.480 e. The fraction of sp³-hybridized carbons (Fsp3) is 0.467. The zero-order chi connectivity index (χ0) is 42.4. The summed E-state index contributed by atoms with van der Waals surface area (Å²) in [5.74, 6) is 0.989. The number of ether oxygens (including phenoxy) is 3. The van der Waals surface area contributed by atoms with Gasteiger partial charge in [0.25, 0.3) is 0 Å². The molecule has 2 fully saturated rings. The van der Waals surface area contributed by atoms with Crippen LogP contribution in [-0.2, 0) is 37.6 Å². The van der Waals surface area contributed by atoms with Gasteiger partial charge in [-0.2, -0.15) is 0 Å². The van der Waals surface area contributed by atoms with Crippen molar-refractivity contribution in [2.45, 2.75) is 97.1 Å². The Morgan fingerprint density at radius 1 is 0.869 bits per heavy atom. The maximum absolute atomic E-state index is 13.7. The first kappa shape index (κ1) is 43.6. The molecule has 0 aliphatic carbocycles. The van der Waals surface area contributed by atoms with Crippen LogP contribution >= 0.6 is 0 Å². The van der Waals surface area contributed by atoms with Gasteiger partial charge in [0.1, 0.15) is 17.9 Å². The summed E-state index contributed by atoms with van der Waals surface area (Å²) in [6, 6.07) is 14.4. The molecule has 15 nitrogen and oxygen atoms in total. The minimum Gasteiger partial charge on any atom is -0.480 e. The van der Waals surface area contributed by atoms with Crippen LogP contribution in [0.4, 0.5) is 9.59 Å². The normalized spacial score (nSPS) is 20.3. The molecule has 1 unspecified atom stereocenters. The third kappa shape index (κ3) is 8.29. The van der Waals surface area contributed by atoms with Crippen molar-refractivity contribution in [3.8, 4) is 28.3 Å². The number of nitrogens with zero attached hydrogens (tertiary/aromatic N) is 5. The number of rotatable bonds is 10. The van der Waals surface area contributed by atoms with E-state index in [0.29, 0.717) is 25.3 Å². The molecule has 2 aromatic carbocycles. The van der Waals surface area contributed by atoms with E-state index < -0.39 is 24.3 Å². The van der Waals surface area contributed by atoms with Gasteiger partial charge in [0.15, 0.2) is 6.23 Å². The number of carbonyl (C=O) groups is 4. The van der Waals surface area contributed by atoms with Gasteiger partial charge in [-0.15, -0.1) is 17.5 Å². The number of nitrogens with one attached hydrogen (secondary N) is 3. The Bertz CT molecular complexity index is 2400. The molecule has 1 radical (unpaired) electrons. The number of benzene rings is 2. The minimum absolute atomic E-state index is 0. The van der Waals surface area contributed by atoms with Crippen LogP contribution in [0.15, 0.2) is 53.8 Å². The average Bonchev–Trinajstić information content (AvgIpc) is 4.09. The molecule has 3 N–H and O–H groups in total. The van der Waals surface area contributed by atoms with E-state index in [1.165, 1.54) is 14.2 Å². The molecule has 16 heteroatoms. The molecule has 0 spiro atoms. The van der Waals surface area contributed by atoms with E-state index in [-0.39, 0.29) is 60.5 Å². The Kier molecular flexibility index (Phi) is 12.7. The molecule has 2 aromatic heterocycles. The van der Waals surface area contributed by atoms with Crippen molar-refractivity contribution >= 4 is 46.2 Å². The number of aromatic nitrogens is 3. The predicted octanol–water partition coefficient (Wildman–Crippen LogP) is 7.01. The SMILES string of the molecule is COC(=O)N[C@H](C(=O)N1CCC[C@H]1C1=NC=C(c2ccc3c(c2)OC(C)n2c-3[c-]c3cc(-c4cnc([C@@H]5CCCN5C(=O)[C@@H](NC(=O)OC)C(C)C)[nH]4)ccc32)C1)C(C)C.[V]. The number of fused-ring (bicyclic) bond motifs is 5. The first-order chi connectivity index (χ1) is 28.9. The van der Waals surface area contributed by atoms with Gasteiger partial charge in [-0.3, -0.25) is 14.6 Å². The summed E-state index contributed by atoms with van der Waals surface area (Å²) in [6.45, 7) is 10.9. The maximum Gasteiger partial charge on any atom is 0.407 e. The first-order valence-electron chi connectivity index (χ1n) is 20.9. The van der Waals surface area contributed by atoms with Crippen LogP contribution in [0.5, 0.6) is 5.75 Å². The van der Waals surface area contributed by atoms with Crippen LogP contribution in [0.2, 0.25) is 0 Å². The molecule has 6 heterocycles. The molecule has 4 amide bonds. The van der Waals surface area contributed by atoms with Crippen molar-refractivity contribution in [3.63, 3.8) is 0 Å². The first-order valence-corrected chi connectivity index (χ1v) is 20.9. The molecule has 5 atom stereocenters. The zero-order valence-corrected chi connectivity index (χ0v) is 37.0.